The number of carboxylic acid groups (broad SMARTS) is 1. The third-order valence-corrected chi connectivity index (χ3v) is 6.63. The lowest BCUT2D eigenvalue weighted by atomic mass is 10.1. The third kappa shape index (κ3) is 2.89. The van der Waals surface area contributed by atoms with Crippen molar-refractivity contribution >= 4 is 22.8 Å². The molecule has 1 spiro atoms. The zero-order valence-corrected chi connectivity index (χ0v) is 17.0. The largest absolute Gasteiger partial charge is 0.477 e. The molecule has 3 aromatic rings. The van der Waals surface area contributed by atoms with Crippen molar-refractivity contribution in [2.24, 2.45) is 11.1 Å². The summed E-state index contributed by atoms with van der Waals surface area (Å²) in [4.78, 5) is 30.6. The van der Waals surface area contributed by atoms with E-state index in [2.05, 4.69) is 4.98 Å². The summed E-state index contributed by atoms with van der Waals surface area (Å²) in [7, 11) is 0. The molecule has 3 heterocycles. The Hall–Kier alpha value is -3.40. The van der Waals surface area contributed by atoms with Gasteiger partial charge in [0, 0.05) is 42.4 Å². The Bertz CT molecular complexity index is 1370. The average molecular weight is 444 g/mol. The molecule has 0 amide bonds. The number of aryl methyl sites for hydroxylation is 1. The average Bonchev–Trinajstić information content (AvgIpc) is 3.15. The van der Waals surface area contributed by atoms with Crippen molar-refractivity contribution in [2.75, 3.05) is 18.0 Å². The Kier molecular flexibility index (Phi) is 4.35. The molecule has 10 heteroatoms. The molecule has 0 radical (unpaired) electrons. The van der Waals surface area contributed by atoms with Crippen LogP contribution in [0.15, 0.2) is 29.2 Å². The van der Waals surface area contributed by atoms with Gasteiger partial charge in [-0.25, -0.2) is 22.9 Å². The first-order chi connectivity index (χ1) is 15.1. The Morgan fingerprint density at radius 1 is 1.31 bits per heavy atom. The summed E-state index contributed by atoms with van der Waals surface area (Å²) in [5, 5.41) is 9.21. The highest BCUT2D eigenvalue weighted by Gasteiger charge is 2.56. The SMILES string of the molecule is Cc1c(F)c(N2CCC3(CC3N)C2)nc2c1c(=O)c(C(=O)O)cn2-c1ccc(F)cc1F. The van der Waals surface area contributed by atoms with Crippen LogP contribution in [-0.4, -0.2) is 39.8 Å². The number of pyridine rings is 2. The number of halogens is 3. The maximum atomic E-state index is 15.4. The summed E-state index contributed by atoms with van der Waals surface area (Å²) >= 11 is 0. The standard InChI is InChI=1S/C22H19F3N4O3/c1-10-16-18(30)12(21(31)32)8-29(14-3-2-11(23)6-13(14)24)19(16)27-20(17(10)25)28-5-4-22(9-28)7-15(22)26/h2-3,6,8,15H,4-5,7,9,26H2,1H3,(H,31,32). The van der Waals surface area contributed by atoms with Gasteiger partial charge in [0.1, 0.15) is 17.2 Å². The van der Waals surface area contributed by atoms with E-state index in [1.54, 1.807) is 4.90 Å². The molecule has 5 rings (SSSR count). The number of nitrogens with zero attached hydrogens (tertiary/aromatic N) is 3. The minimum atomic E-state index is -1.55. The molecule has 7 nitrogen and oxygen atoms in total. The van der Waals surface area contributed by atoms with Gasteiger partial charge < -0.3 is 15.7 Å². The number of hydrogen-bond donors (Lipinski definition) is 2. The number of benzene rings is 1. The van der Waals surface area contributed by atoms with Crippen LogP contribution in [0.25, 0.3) is 16.7 Å². The maximum absolute atomic E-state index is 15.4. The molecule has 0 bridgehead atoms. The van der Waals surface area contributed by atoms with Crippen LogP contribution >= 0.6 is 0 Å². The van der Waals surface area contributed by atoms with Crippen molar-refractivity contribution in [3.63, 3.8) is 0 Å². The van der Waals surface area contributed by atoms with E-state index in [4.69, 9.17) is 5.73 Å². The molecule has 2 aromatic heterocycles. The van der Waals surface area contributed by atoms with E-state index in [-0.39, 0.29) is 39.6 Å². The number of rotatable bonds is 3. The fraction of sp³-hybridized carbons (Fsp3) is 0.318. The molecule has 1 saturated carbocycles. The predicted octanol–water partition coefficient (Wildman–Crippen LogP) is 2.74. The number of nitrogens with two attached hydrogens (primary N) is 1. The maximum Gasteiger partial charge on any atom is 0.341 e. The molecule has 32 heavy (non-hydrogen) atoms. The second kappa shape index (κ2) is 6.80. The van der Waals surface area contributed by atoms with Crippen LogP contribution in [-0.2, 0) is 0 Å². The van der Waals surface area contributed by atoms with Crippen LogP contribution in [0, 0.1) is 29.8 Å². The van der Waals surface area contributed by atoms with E-state index in [9.17, 15) is 23.5 Å². The molecule has 2 aliphatic rings. The van der Waals surface area contributed by atoms with Crippen molar-refractivity contribution in [3.05, 3.63) is 63.2 Å². The zero-order valence-electron chi connectivity index (χ0n) is 17.0. The molecule has 2 atom stereocenters. The lowest BCUT2D eigenvalue weighted by molar-refractivity contribution is 0.0695. The molecular weight excluding hydrogens is 425 g/mol. The van der Waals surface area contributed by atoms with Gasteiger partial charge in [-0.05, 0) is 31.9 Å². The van der Waals surface area contributed by atoms with Gasteiger partial charge in [0.2, 0.25) is 5.43 Å². The van der Waals surface area contributed by atoms with Gasteiger partial charge >= 0.3 is 5.97 Å². The highest BCUT2D eigenvalue weighted by molar-refractivity contribution is 5.93. The number of anilines is 1. The number of hydrogen-bond acceptors (Lipinski definition) is 5. The molecule has 2 unspecified atom stereocenters. The smallest absolute Gasteiger partial charge is 0.341 e. The minimum absolute atomic E-state index is 0.00952. The van der Waals surface area contributed by atoms with Crippen LogP contribution in [0.3, 0.4) is 0 Å². The van der Waals surface area contributed by atoms with Crippen molar-refractivity contribution < 1.29 is 23.1 Å². The first kappa shape index (κ1) is 20.5. The summed E-state index contributed by atoms with van der Waals surface area (Å²) in [6.45, 7) is 2.38. The third-order valence-electron chi connectivity index (χ3n) is 6.63. The van der Waals surface area contributed by atoms with Gasteiger partial charge in [0.25, 0.3) is 0 Å². The first-order valence-electron chi connectivity index (χ1n) is 10.1. The number of carboxylic acids is 1. The van der Waals surface area contributed by atoms with Gasteiger partial charge in [-0.1, -0.05) is 0 Å². The molecule has 1 aromatic carbocycles. The Labute approximate surface area is 179 Å². The molecule has 1 aliphatic heterocycles. The first-order valence-corrected chi connectivity index (χ1v) is 10.1. The molecule has 2 fully saturated rings. The monoisotopic (exact) mass is 444 g/mol. The number of aromatic nitrogens is 2. The van der Waals surface area contributed by atoms with Crippen molar-refractivity contribution in [2.45, 2.75) is 25.8 Å². The molecule has 1 aliphatic carbocycles. The van der Waals surface area contributed by atoms with Crippen LogP contribution in [0.1, 0.15) is 28.8 Å². The summed E-state index contributed by atoms with van der Waals surface area (Å²) < 4.78 is 44.5. The van der Waals surface area contributed by atoms with E-state index in [0.717, 1.165) is 35.7 Å². The Morgan fingerprint density at radius 2 is 2.03 bits per heavy atom. The normalized spacial score (nSPS) is 22.2. The van der Waals surface area contributed by atoms with Crippen LogP contribution in [0.4, 0.5) is 19.0 Å². The van der Waals surface area contributed by atoms with E-state index in [1.165, 1.54) is 6.92 Å². The summed E-state index contributed by atoms with van der Waals surface area (Å²) in [5.41, 5.74) is 3.94. The summed E-state index contributed by atoms with van der Waals surface area (Å²) in [6.07, 6.45) is 2.55. The van der Waals surface area contributed by atoms with E-state index >= 15 is 4.39 Å². The minimum Gasteiger partial charge on any atom is -0.477 e. The van der Waals surface area contributed by atoms with Crippen molar-refractivity contribution in [1.29, 1.82) is 0 Å². The van der Waals surface area contributed by atoms with Gasteiger partial charge in [0.05, 0.1) is 11.1 Å². The fourth-order valence-corrected chi connectivity index (χ4v) is 4.63. The second-order valence-electron chi connectivity index (χ2n) is 8.56. The molecular formula is C22H19F3N4O3. The Balaban J connectivity index is 1.80. The van der Waals surface area contributed by atoms with Gasteiger partial charge in [-0.2, -0.15) is 0 Å². The number of fused-ring (bicyclic) bond motifs is 1. The second-order valence-corrected chi connectivity index (χ2v) is 8.56. The highest BCUT2D eigenvalue weighted by Crippen LogP contribution is 2.52. The van der Waals surface area contributed by atoms with Crippen LogP contribution < -0.4 is 16.1 Å². The number of aromatic carboxylic acids is 1. The van der Waals surface area contributed by atoms with Gasteiger partial charge in [-0.3, -0.25) is 9.36 Å². The van der Waals surface area contributed by atoms with Crippen LogP contribution in [0.2, 0.25) is 0 Å². The van der Waals surface area contributed by atoms with Gasteiger partial charge in [-0.15, -0.1) is 0 Å². The van der Waals surface area contributed by atoms with Crippen molar-refractivity contribution in [3.8, 4) is 5.69 Å². The van der Waals surface area contributed by atoms with E-state index < -0.39 is 34.4 Å². The summed E-state index contributed by atoms with van der Waals surface area (Å²) in [6, 6.07) is 2.78. The van der Waals surface area contributed by atoms with E-state index in [1.807, 2.05) is 0 Å². The fourth-order valence-electron chi connectivity index (χ4n) is 4.63. The van der Waals surface area contributed by atoms with E-state index in [0.29, 0.717) is 19.2 Å². The highest BCUT2D eigenvalue weighted by atomic mass is 19.1. The quantitative estimate of drug-likeness (QED) is 0.644. The molecule has 1 saturated heterocycles. The predicted molar refractivity (Wildman–Crippen MR) is 111 cm³/mol. The Morgan fingerprint density at radius 3 is 2.62 bits per heavy atom. The molecule has 166 valence electrons. The van der Waals surface area contributed by atoms with Crippen LogP contribution in [0.5, 0.6) is 0 Å². The lowest BCUT2D eigenvalue weighted by Crippen LogP contribution is -2.27. The number of carbonyl (C=O) groups is 1. The topological polar surface area (TPSA) is 101 Å². The zero-order chi connectivity index (χ0) is 22.9. The van der Waals surface area contributed by atoms with Crippen molar-refractivity contribution in [1.82, 2.24) is 9.55 Å². The summed E-state index contributed by atoms with van der Waals surface area (Å²) in [5.74, 6) is -4.12. The lowest BCUT2D eigenvalue weighted by Gasteiger charge is -2.21. The molecule has 3 N–H and O–H groups in total. The van der Waals surface area contributed by atoms with Gasteiger partial charge in [0.15, 0.2) is 17.3 Å².